The molecule has 1 heterocycles. The van der Waals surface area contributed by atoms with Crippen molar-refractivity contribution in [3.05, 3.63) is 22.4 Å². The molecule has 1 aliphatic carbocycles. The lowest BCUT2D eigenvalue weighted by molar-refractivity contribution is 0.237. The molecule has 3 heteroatoms. The van der Waals surface area contributed by atoms with Gasteiger partial charge >= 0.3 is 0 Å². The average Bonchev–Trinajstić information content (AvgIpc) is 2.88. The molecule has 2 N–H and O–H groups in total. The first-order valence-electron chi connectivity index (χ1n) is 6.19. The first kappa shape index (κ1) is 12.1. The Morgan fingerprint density at radius 3 is 2.94 bits per heavy atom. The highest BCUT2D eigenvalue weighted by atomic mass is 32.1. The van der Waals surface area contributed by atoms with Crippen LogP contribution in [0.3, 0.4) is 0 Å². The molecule has 2 nitrogen and oxygen atoms in total. The maximum Gasteiger partial charge on any atom is 0.0239 e. The van der Waals surface area contributed by atoms with Gasteiger partial charge in [0.2, 0.25) is 0 Å². The van der Waals surface area contributed by atoms with Crippen LogP contribution in [0.25, 0.3) is 0 Å². The van der Waals surface area contributed by atoms with Gasteiger partial charge in [-0.3, -0.25) is 0 Å². The summed E-state index contributed by atoms with van der Waals surface area (Å²) in [6.45, 7) is 3.16. The predicted octanol–water partition coefficient (Wildman–Crippen LogP) is 2.55. The minimum atomic E-state index is 0.768. The van der Waals surface area contributed by atoms with Crippen molar-refractivity contribution < 1.29 is 0 Å². The Labute approximate surface area is 102 Å². The monoisotopic (exact) mass is 238 g/mol. The van der Waals surface area contributed by atoms with E-state index >= 15 is 0 Å². The van der Waals surface area contributed by atoms with Gasteiger partial charge in [0.05, 0.1) is 0 Å². The zero-order valence-electron chi connectivity index (χ0n) is 10.1. The SMILES string of the molecule is CN(Cc1ccsc1)CC1CCCC1CN. The van der Waals surface area contributed by atoms with E-state index in [1.54, 1.807) is 11.3 Å². The normalized spacial score (nSPS) is 25.4. The van der Waals surface area contributed by atoms with Crippen molar-refractivity contribution in [3.8, 4) is 0 Å². The van der Waals surface area contributed by atoms with E-state index < -0.39 is 0 Å². The molecule has 1 aromatic heterocycles. The molecule has 1 aliphatic rings. The fourth-order valence-corrected chi connectivity index (χ4v) is 3.48. The summed E-state index contributed by atoms with van der Waals surface area (Å²) in [5, 5.41) is 4.40. The molecule has 0 radical (unpaired) electrons. The lowest BCUT2D eigenvalue weighted by Crippen LogP contribution is -2.30. The Morgan fingerprint density at radius 1 is 1.44 bits per heavy atom. The summed E-state index contributed by atoms with van der Waals surface area (Å²) in [4.78, 5) is 2.45. The standard InChI is InChI=1S/C13H22N2S/c1-15(8-11-5-6-16-10-11)9-13-4-2-3-12(13)7-14/h5-6,10,12-13H,2-4,7-9,14H2,1H3. The summed E-state index contributed by atoms with van der Waals surface area (Å²) in [5.74, 6) is 1.60. The quantitative estimate of drug-likeness (QED) is 0.854. The fraction of sp³-hybridized carbons (Fsp3) is 0.692. The Balaban J connectivity index is 1.80. The van der Waals surface area contributed by atoms with E-state index in [1.807, 2.05) is 0 Å². The van der Waals surface area contributed by atoms with E-state index in [9.17, 15) is 0 Å². The molecular weight excluding hydrogens is 216 g/mol. The highest BCUT2D eigenvalue weighted by Crippen LogP contribution is 2.31. The van der Waals surface area contributed by atoms with Crippen molar-refractivity contribution >= 4 is 11.3 Å². The van der Waals surface area contributed by atoms with Gasteiger partial charge in [-0.2, -0.15) is 11.3 Å². The molecule has 1 fully saturated rings. The van der Waals surface area contributed by atoms with Crippen LogP contribution in [0.1, 0.15) is 24.8 Å². The molecule has 0 bridgehead atoms. The van der Waals surface area contributed by atoms with Gasteiger partial charge in [0.15, 0.2) is 0 Å². The fourth-order valence-electron chi connectivity index (χ4n) is 2.82. The molecule has 2 unspecified atom stereocenters. The zero-order chi connectivity index (χ0) is 11.4. The van der Waals surface area contributed by atoms with Crippen LogP contribution in [0.15, 0.2) is 16.8 Å². The molecule has 90 valence electrons. The van der Waals surface area contributed by atoms with Crippen LogP contribution in [-0.4, -0.2) is 25.0 Å². The van der Waals surface area contributed by atoms with Gasteiger partial charge in [0.25, 0.3) is 0 Å². The van der Waals surface area contributed by atoms with Gasteiger partial charge in [-0.1, -0.05) is 6.42 Å². The van der Waals surface area contributed by atoms with Crippen LogP contribution in [-0.2, 0) is 6.54 Å². The Bertz CT molecular complexity index is 297. The molecule has 2 atom stereocenters. The largest absolute Gasteiger partial charge is 0.330 e. The molecule has 1 aromatic rings. The number of hydrogen-bond donors (Lipinski definition) is 1. The number of rotatable bonds is 5. The highest BCUT2D eigenvalue weighted by molar-refractivity contribution is 7.07. The van der Waals surface area contributed by atoms with Crippen molar-refractivity contribution in [2.45, 2.75) is 25.8 Å². The van der Waals surface area contributed by atoms with Crippen LogP contribution >= 0.6 is 11.3 Å². The van der Waals surface area contributed by atoms with Crippen LogP contribution in [0.5, 0.6) is 0 Å². The van der Waals surface area contributed by atoms with Gasteiger partial charge in [0.1, 0.15) is 0 Å². The lowest BCUT2D eigenvalue weighted by Gasteiger charge is -2.24. The summed E-state index contributed by atoms with van der Waals surface area (Å²) < 4.78 is 0. The van der Waals surface area contributed by atoms with E-state index in [0.29, 0.717) is 0 Å². The average molecular weight is 238 g/mol. The Morgan fingerprint density at radius 2 is 2.25 bits per heavy atom. The first-order chi connectivity index (χ1) is 7.79. The molecule has 0 aliphatic heterocycles. The van der Waals surface area contributed by atoms with Crippen molar-refractivity contribution in [1.29, 1.82) is 0 Å². The predicted molar refractivity (Wildman–Crippen MR) is 70.5 cm³/mol. The van der Waals surface area contributed by atoms with E-state index in [1.165, 1.54) is 31.4 Å². The third-order valence-corrected chi connectivity index (χ3v) is 4.43. The van der Waals surface area contributed by atoms with Crippen molar-refractivity contribution in [3.63, 3.8) is 0 Å². The van der Waals surface area contributed by atoms with Crippen LogP contribution in [0, 0.1) is 11.8 Å². The lowest BCUT2D eigenvalue weighted by atomic mass is 9.96. The molecule has 1 saturated carbocycles. The van der Waals surface area contributed by atoms with E-state index in [0.717, 1.165) is 24.9 Å². The summed E-state index contributed by atoms with van der Waals surface area (Å²) >= 11 is 1.78. The number of thiophene rings is 1. The second kappa shape index (κ2) is 5.80. The first-order valence-corrected chi connectivity index (χ1v) is 7.13. The summed E-state index contributed by atoms with van der Waals surface area (Å²) in [5.41, 5.74) is 7.26. The third kappa shape index (κ3) is 3.06. The van der Waals surface area contributed by atoms with Crippen molar-refractivity contribution in [2.24, 2.45) is 17.6 Å². The second-order valence-electron chi connectivity index (χ2n) is 5.02. The van der Waals surface area contributed by atoms with Gasteiger partial charge in [-0.15, -0.1) is 0 Å². The smallest absolute Gasteiger partial charge is 0.0239 e. The van der Waals surface area contributed by atoms with Gasteiger partial charge in [-0.25, -0.2) is 0 Å². The molecular formula is C13H22N2S. The third-order valence-electron chi connectivity index (χ3n) is 3.70. The summed E-state index contributed by atoms with van der Waals surface area (Å²) in [7, 11) is 2.23. The maximum atomic E-state index is 5.82. The van der Waals surface area contributed by atoms with E-state index in [4.69, 9.17) is 5.73 Å². The van der Waals surface area contributed by atoms with E-state index in [2.05, 4.69) is 28.8 Å². The van der Waals surface area contributed by atoms with Crippen LogP contribution in [0.2, 0.25) is 0 Å². The summed E-state index contributed by atoms with van der Waals surface area (Å²) in [6.07, 6.45) is 4.09. The molecule has 2 rings (SSSR count). The Kier molecular flexibility index (Phi) is 4.38. The van der Waals surface area contributed by atoms with Crippen LogP contribution < -0.4 is 5.73 Å². The zero-order valence-corrected chi connectivity index (χ0v) is 10.9. The molecule has 0 amide bonds. The minimum Gasteiger partial charge on any atom is -0.330 e. The second-order valence-corrected chi connectivity index (χ2v) is 5.80. The molecule has 0 saturated heterocycles. The maximum absolute atomic E-state index is 5.82. The van der Waals surface area contributed by atoms with Gasteiger partial charge in [-0.05, 0) is 60.7 Å². The molecule has 0 aromatic carbocycles. The molecule has 0 spiro atoms. The number of hydrogen-bond acceptors (Lipinski definition) is 3. The van der Waals surface area contributed by atoms with Crippen molar-refractivity contribution in [1.82, 2.24) is 4.90 Å². The number of nitrogens with two attached hydrogens (primary N) is 1. The summed E-state index contributed by atoms with van der Waals surface area (Å²) in [6, 6.07) is 2.22. The van der Waals surface area contributed by atoms with Crippen molar-refractivity contribution in [2.75, 3.05) is 20.1 Å². The highest BCUT2D eigenvalue weighted by Gasteiger charge is 2.26. The minimum absolute atomic E-state index is 0.768. The topological polar surface area (TPSA) is 29.3 Å². The molecule has 16 heavy (non-hydrogen) atoms. The number of nitrogens with zero attached hydrogens (tertiary/aromatic N) is 1. The Hall–Kier alpha value is -0.380. The van der Waals surface area contributed by atoms with E-state index in [-0.39, 0.29) is 0 Å². The van der Waals surface area contributed by atoms with Crippen LogP contribution in [0.4, 0.5) is 0 Å². The van der Waals surface area contributed by atoms with Gasteiger partial charge < -0.3 is 10.6 Å². The van der Waals surface area contributed by atoms with Gasteiger partial charge in [0, 0.05) is 13.1 Å².